The number of hydrogen-bond acceptors (Lipinski definition) is 12. The number of aliphatic hydroxyl groups excluding tert-OH is 5. The maximum absolute atomic E-state index is 12.8. The normalized spacial score (nSPS) is 22.6. The highest BCUT2D eigenvalue weighted by Crippen LogP contribution is 2.47. The SMILES string of the molecule is CCCCCCCCCCCCCCCCCC(=O)O[C@H](COC(=O)CCCCCCCCCCCCCCC)COP(=O)(O)OC1[C@H](O)[C@H](O)C(O)[C@H](O)[C@H]1O. The van der Waals surface area contributed by atoms with Crippen molar-refractivity contribution in [2.75, 3.05) is 13.2 Å². The number of esters is 2. The van der Waals surface area contributed by atoms with Crippen molar-refractivity contribution in [1.82, 2.24) is 0 Å². The molecule has 0 aliphatic heterocycles. The first-order valence-electron chi connectivity index (χ1n) is 22.8. The van der Waals surface area contributed by atoms with Crippen LogP contribution in [0, 0.1) is 0 Å². The van der Waals surface area contributed by atoms with Gasteiger partial charge in [0.25, 0.3) is 0 Å². The number of rotatable bonds is 38. The quantitative estimate of drug-likeness (QED) is 0.0196. The second-order valence-electron chi connectivity index (χ2n) is 16.3. The largest absolute Gasteiger partial charge is 0.472 e. The molecule has 0 spiro atoms. The van der Waals surface area contributed by atoms with Gasteiger partial charge in [-0.25, -0.2) is 4.57 Å². The predicted molar refractivity (Wildman–Crippen MR) is 221 cm³/mol. The number of phosphoric ester groups is 1. The summed E-state index contributed by atoms with van der Waals surface area (Å²) in [5.74, 6) is -1.09. The third-order valence-corrected chi connectivity index (χ3v) is 11.9. The predicted octanol–water partition coefficient (Wildman–Crippen LogP) is 8.50. The van der Waals surface area contributed by atoms with E-state index in [0.717, 1.165) is 38.5 Å². The van der Waals surface area contributed by atoms with E-state index < -0.39 is 75.7 Å². The van der Waals surface area contributed by atoms with Crippen molar-refractivity contribution in [2.45, 2.75) is 249 Å². The highest BCUT2D eigenvalue weighted by molar-refractivity contribution is 7.47. The molecule has 0 bridgehead atoms. The van der Waals surface area contributed by atoms with Gasteiger partial charge in [0.15, 0.2) is 6.10 Å². The minimum absolute atomic E-state index is 0.105. The fourth-order valence-corrected chi connectivity index (χ4v) is 8.20. The van der Waals surface area contributed by atoms with E-state index in [4.69, 9.17) is 18.5 Å². The first-order chi connectivity index (χ1) is 27.4. The number of ether oxygens (including phenoxy) is 2. The van der Waals surface area contributed by atoms with Gasteiger partial charge in [0, 0.05) is 12.8 Å². The Morgan fingerprint density at radius 2 is 0.789 bits per heavy atom. The van der Waals surface area contributed by atoms with Gasteiger partial charge < -0.3 is 39.9 Å². The van der Waals surface area contributed by atoms with Crippen molar-refractivity contribution in [3.63, 3.8) is 0 Å². The molecule has 1 aliphatic rings. The van der Waals surface area contributed by atoms with Gasteiger partial charge in [0.05, 0.1) is 6.61 Å². The fraction of sp³-hybridized carbons (Fsp3) is 0.953. The zero-order valence-corrected chi connectivity index (χ0v) is 36.6. The highest BCUT2D eigenvalue weighted by Gasteiger charge is 2.51. The van der Waals surface area contributed by atoms with Crippen molar-refractivity contribution in [1.29, 1.82) is 0 Å². The maximum atomic E-state index is 12.8. The standard InChI is InChI=1S/C43H83O13P/c1-3-5-7-9-11-13-15-17-18-20-22-24-26-28-30-32-37(45)55-35(34-54-57(51,52)56-43-41(49)39(47)38(46)40(48)42(43)50)33-53-36(44)31-29-27-25-23-21-19-16-14-12-10-8-6-4-2/h35,38-43,46-50H,3-34H2,1-2H3,(H,51,52)/t35-,38?,39-,40+,41-,42-,43?/m1/s1. The molecule has 0 saturated heterocycles. The summed E-state index contributed by atoms with van der Waals surface area (Å²) in [6, 6.07) is 0. The minimum Gasteiger partial charge on any atom is -0.462 e. The van der Waals surface area contributed by atoms with Crippen LogP contribution in [0.4, 0.5) is 0 Å². The minimum atomic E-state index is -5.11. The summed E-state index contributed by atoms with van der Waals surface area (Å²) >= 11 is 0. The van der Waals surface area contributed by atoms with Gasteiger partial charge >= 0.3 is 19.8 Å². The van der Waals surface area contributed by atoms with Crippen molar-refractivity contribution in [3.8, 4) is 0 Å². The average molecular weight is 839 g/mol. The summed E-state index contributed by atoms with van der Waals surface area (Å²) in [6.45, 7) is 3.31. The second kappa shape index (κ2) is 34.6. The molecule has 6 N–H and O–H groups in total. The number of phosphoric acid groups is 1. The van der Waals surface area contributed by atoms with E-state index >= 15 is 0 Å². The highest BCUT2D eigenvalue weighted by atomic mass is 31.2. The van der Waals surface area contributed by atoms with E-state index in [1.807, 2.05) is 0 Å². The van der Waals surface area contributed by atoms with Crippen LogP contribution in [0.1, 0.15) is 206 Å². The van der Waals surface area contributed by atoms with Gasteiger partial charge in [-0.2, -0.15) is 0 Å². The Balaban J connectivity index is 2.45. The van der Waals surface area contributed by atoms with Crippen molar-refractivity contribution in [3.05, 3.63) is 0 Å². The molecular weight excluding hydrogens is 755 g/mol. The Hall–Kier alpha value is -1.15. The molecule has 0 aromatic carbocycles. The molecule has 0 heterocycles. The molecule has 8 atom stereocenters. The topological polar surface area (TPSA) is 210 Å². The number of carbonyl (C=O) groups excluding carboxylic acids is 2. The van der Waals surface area contributed by atoms with E-state index in [9.17, 15) is 44.6 Å². The molecule has 0 aromatic rings. The molecular formula is C43H83O13P. The van der Waals surface area contributed by atoms with Crippen molar-refractivity contribution >= 4 is 19.8 Å². The van der Waals surface area contributed by atoms with Crippen LogP contribution >= 0.6 is 7.82 Å². The van der Waals surface area contributed by atoms with Crippen molar-refractivity contribution < 1.29 is 63.1 Å². The molecule has 0 amide bonds. The van der Waals surface area contributed by atoms with E-state index in [1.165, 1.54) is 128 Å². The lowest BCUT2D eigenvalue weighted by Crippen LogP contribution is -2.64. The van der Waals surface area contributed by atoms with Crippen LogP contribution < -0.4 is 0 Å². The Morgan fingerprint density at radius 3 is 1.16 bits per heavy atom. The molecule has 0 radical (unpaired) electrons. The monoisotopic (exact) mass is 839 g/mol. The van der Waals surface area contributed by atoms with E-state index in [1.54, 1.807) is 0 Å². The molecule has 13 nitrogen and oxygen atoms in total. The van der Waals surface area contributed by atoms with Crippen LogP contribution in [0.3, 0.4) is 0 Å². The van der Waals surface area contributed by atoms with Gasteiger partial charge in [-0.1, -0.05) is 181 Å². The maximum Gasteiger partial charge on any atom is 0.472 e. The molecule has 1 fully saturated rings. The van der Waals surface area contributed by atoms with Crippen LogP contribution in [-0.2, 0) is 32.7 Å². The Kier molecular flexibility index (Phi) is 32.7. The third kappa shape index (κ3) is 27.3. The van der Waals surface area contributed by atoms with Gasteiger partial charge in [0.1, 0.15) is 43.2 Å². The second-order valence-corrected chi connectivity index (χ2v) is 17.7. The number of hydrogen-bond donors (Lipinski definition) is 6. The molecule has 1 aliphatic carbocycles. The Bertz CT molecular complexity index is 1020. The van der Waals surface area contributed by atoms with E-state index in [0.29, 0.717) is 12.8 Å². The molecule has 3 unspecified atom stereocenters. The molecule has 1 saturated carbocycles. The smallest absolute Gasteiger partial charge is 0.462 e. The molecule has 14 heteroatoms. The summed E-state index contributed by atoms with van der Waals surface area (Å²) in [5.41, 5.74) is 0. The Morgan fingerprint density at radius 1 is 0.474 bits per heavy atom. The first kappa shape index (κ1) is 53.9. The van der Waals surface area contributed by atoms with Crippen LogP contribution in [0.15, 0.2) is 0 Å². The van der Waals surface area contributed by atoms with Crippen LogP contribution in [0.2, 0.25) is 0 Å². The van der Waals surface area contributed by atoms with Crippen LogP contribution in [-0.4, -0.2) is 98.3 Å². The third-order valence-electron chi connectivity index (χ3n) is 10.9. The van der Waals surface area contributed by atoms with Gasteiger partial charge in [-0.3, -0.25) is 18.6 Å². The molecule has 57 heavy (non-hydrogen) atoms. The van der Waals surface area contributed by atoms with E-state index in [-0.39, 0.29) is 12.8 Å². The summed E-state index contributed by atoms with van der Waals surface area (Å²) in [5, 5.41) is 50.1. The fourth-order valence-electron chi connectivity index (χ4n) is 7.23. The zero-order chi connectivity index (χ0) is 42.2. The average Bonchev–Trinajstić information content (AvgIpc) is 3.19. The van der Waals surface area contributed by atoms with Crippen LogP contribution in [0.25, 0.3) is 0 Å². The number of carbonyl (C=O) groups is 2. The molecule has 1 rings (SSSR count). The lowest BCUT2D eigenvalue weighted by Gasteiger charge is -2.41. The van der Waals surface area contributed by atoms with Crippen molar-refractivity contribution in [2.24, 2.45) is 0 Å². The summed E-state index contributed by atoms with van der Waals surface area (Å²) in [4.78, 5) is 35.6. The summed E-state index contributed by atoms with van der Waals surface area (Å²) < 4.78 is 33.5. The lowest BCUT2D eigenvalue weighted by atomic mass is 9.85. The van der Waals surface area contributed by atoms with Crippen LogP contribution in [0.5, 0.6) is 0 Å². The summed E-state index contributed by atoms with van der Waals surface area (Å²) in [7, 11) is -5.11. The first-order valence-corrected chi connectivity index (χ1v) is 24.3. The van der Waals surface area contributed by atoms with E-state index in [2.05, 4.69) is 13.8 Å². The molecule has 338 valence electrons. The van der Waals surface area contributed by atoms with Gasteiger partial charge in [-0.05, 0) is 12.8 Å². The summed E-state index contributed by atoms with van der Waals surface area (Å²) in [6.07, 6.45) is 20.1. The Labute approximate surface area is 344 Å². The van der Waals surface area contributed by atoms with Gasteiger partial charge in [-0.15, -0.1) is 0 Å². The molecule has 0 aromatic heterocycles. The lowest BCUT2D eigenvalue weighted by molar-refractivity contribution is -0.220. The number of aliphatic hydroxyl groups is 5. The zero-order valence-electron chi connectivity index (χ0n) is 35.7. The van der Waals surface area contributed by atoms with Gasteiger partial charge in [0.2, 0.25) is 0 Å². The number of unbranched alkanes of at least 4 members (excludes halogenated alkanes) is 26.